The van der Waals surface area contributed by atoms with Gasteiger partial charge in [0.25, 0.3) is 0 Å². The van der Waals surface area contributed by atoms with Crippen molar-refractivity contribution < 1.29 is 162 Å². The van der Waals surface area contributed by atoms with Crippen LogP contribution in [0.15, 0.2) is 11.6 Å². The van der Waals surface area contributed by atoms with Gasteiger partial charge in [0.05, 0.1) is 49.0 Å². The summed E-state index contributed by atoms with van der Waals surface area (Å²) < 4.78 is 78.1. The lowest BCUT2D eigenvalue weighted by Gasteiger charge is -2.71. The van der Waals surface area contributed by atoms with E-state index in [9.17, 15) is 96.1 Å². The molecular formula is C65H100O33. The van der Waals surface area contributed by atoms with Crippen LogP contribution in [0, 0.1) is 50.2 Å². The minimum atomic E-state index is -2.11. The van der Waals surface area contributed by atoms with Gasteiger partial charge in [-0.2, -0.15) is 0 Å². The molecule has 4 saturated carbocycles. The Kier molecular flexibility index (Phi) is 21.8. The van der Waals surface area contributed by atoms with Gasteiger partial charge in [0.1, 0.15) is 110 Å². The molecular weight excluding hydrogens is 1310 g/mol. The van der Waals surface area contributed by atoms with E-state index in [1.54, 1.807) is 6.92 Å². The highest BCUT2D eigenvalue weighted by molar-refractivity contribution is 5.79. The normalized spacial score (nSPS) is 53.2. The number of ether oxygens (including phenoxy) is 13. The standard InChI is InChI=1S/C65H100O33/c1-24-45(92-52-41(77)34(70)28(69)22-86-52)40(76)44(80)53(87-24)96-50-49(95-54-42(78)36(72)30(21-67)90-54)46(97-59(84)85)25(2)88-57(50)98-58(83)65-17-15-60(3,4)19-27(65)26-9-10-32-61(5)13-12-33(62(6,23-68)31(61)11-14-64(32,8)63(26,7)16-18-65)91-56-48(39(75)38(74)47(93-56)51(81)82)94-55-43(79)37(73)35(71)29(20-66)89-55/h9,23-25,27-50,52-57,66-67,69-80H,10-22H2,1-8H3,(H,81,82)(H,84,85). The molecule has 0 aromatic heterocycles. The maximum atomic E-state index is 16.0. The Morgan fingerprint density at radius 2 is 1.08 bits per heavy atom. The molecule has 0 aromatic carbocycles. The molecule has 33 heteroatoms. The molecule has 6 heterocycles. The monoisotopic (exact) mass is 1410 g/mol. The molecule has 6 saturated heterocycles. The number of carboxylic acids is 1. The molecule has 10 fully saturated rings. The number of rotatable bonds is 17. The average Bonchev–Trinajstić information content (AvgIpc) is 0.724. The Bertz CT molecular complexity index is 2890. The van der Waals surface area contributed by atoms with Crippen LogP contribution in [-0.4, -0.2) is 304 Å². The second-order valence-corrected chi connectivity index (χ2v) is 31.0. The van der Waals surface area contributed by atoms with Crippen LogP contribution in [0.4, 0.5) is 4.79 Å². The molecule has 11 aliphatic rings. The number of aliphatic hydroxyl groups excluding tert-OH is 14. The smallest absolute Gasteiger partial charge is 0.479 e. The highest BCUT2D eigenvalue weighted by atomic mass is 16.8. The SMILES string of the molecule is CC1OC(OC2C(OC(=O)C34CCC(C)(C)CC3C3=CCC5C6(C)CCC(OC7OC(C(=O)O)C(O)C(O)C7OC7OC(CO)C(O)C(O)C7O)C(C)(C=O)C6CCC5(C)C3(C)CC4)OC(C)C(OC(=O)O)C2OC2OC(CO)C(O)C2O)C(O)C(O)C1OC1OCC(O)C(O)C1O. The van der Waals surface area contributed by atoms with Crippen molar-refractivity contribution in [3.63, 3.8) is 0 Å². The zero-order valence-corrected chi connectivity index (χ0v) is 55.9. The molecule has 558 valence electrons. The molecule has 16 N–H and O–H groups in total. The van der Waals surface area contributed by atoms with E-state index in [0.29, 0.717) is 51.4 Å². The van der Waals surface area contributed by atoms with E-state index in [0.717, 1.165) is 11.9 Å². The third-order valence-electron chi connectivity index (χ3n) is 25.0. The Labute approximate surface area is 564 Å². The van der Waals surface area contributed by atoms with Crippen molar-refractivity contribution in [2.75, 3.05) is 19.8 Å². The molecule has 5 aliphatic carbocycles. The van der Waals surface area contributed by atoms with E-state index in [-0.39, 0.29) is 24.2 Å². The third-order valence-corrected chi connectivity index (χ3v) is 25.0. The second kappa shape index (κ2) is 28.2. The van der Waals surface area contributed by atoms with Crippen molar-refractivity contribution in [2.45, 2.75) is 298 Å². The Morgan fingerprint density at radius 1 is 0.531 bits per heavy atom. The largest absolute Gasteiger partial charge is 0.506 e. The first-order valence-corrected chi connectivity index (χ1v) is 34.0. The first kappa shape index (κ1) is 75.8. The van der Waals surface area contributed by atoms with E-state index >= 15 is 4.79 Å². The van der Waals surface area contributed by atoms with Crippen LogP contribution in [0.25, 0.3) is 0 Å². The summed E-state index contributed by atoms with van der Waals surface area (Å²) in [5.74, 6) is -3.35. The van der Waals surface area contributed by atoms with Crippen molar-refractivity contribution in [1.82, 2.24) is 0 Å². The number of hydrogen-bond acceptors (Lipinski definition) is 31. The zero-order chi connectivity index (χ0) is 71.6. The first-order valence-electron chi connectivity index (χ1n) is 34.0. The molecule has 0 radical (unpaired) electrons. The molecule has 0 amide bonds. The van der Waals surface area contributed by atoms with Crippen LogP contribution in [0.3, 0.4) is 0 Å². The van der Waals surface area contributed by atoms with Gasteiger partial charge in [-0.05, 0) is 117 Å². The van der Waals surface area contributed by atoms with E-state index in [4.69, 9.17) is 61.6 Å². The lowest BCUT2D eigenvalue weighted by molar-refractivity contribution is -0.382. The van der Waals surface area contributed by atoms with E-state index in [1.807, 2.05) is 0 Å². The minimum absolute atomic E-state index is 0.0982. The summed E-state index contributed by atoms with van der Waals surface area (Å²) in [5, 5.41) is 171. The van der Waals surface area contributed by atoms with E-state index < -0.39 is 255 Å². The number of carbonyl (C=O) groups excluding carboxylic acids is 2. The average molecular weight is 1410 g/mol. The van der Waals surface area contributed by atoms with Gasteiger partial charge >= 0.3 is 18.1 Å². The number of fused-ring (bicyclic) bond motifs is 7. The van der Waals surface area contributed by atoms with Crippen LogP contribution in [-0.2, 0) is 76.0 Å². The first-order chi connectivity index (χ1) is 46.0. The molecule has 0 spiro atoms. The number of carbonyl (C=O) groups is 4. The highest BCUT2D eigenvalue weighted by Crippen LogP contribution is 2.76. The predicted octanol–water partition coefficient (Wildman–Crippen LogP) is -3.08. The van der Waals surface area contributed by atoms with Crippen molar-refractivity contribution in [3.8, 4) is 0 Å². The van der Waals surface area contributed by atoms with Gasteiger partial charge in [-0.1, -0.05) is 53.2 Å². The van der Waals surface area contributed by atoms with Crippen molar-refractivity contribution in [3.05, 3.63) is 11.6 Å². The summed E-state index contributed by atoms with van der Waals surface area (Å²) in [6.45, 7) is 13.4. The lowest BCUT2D eigenvalue weighted by atomic mass is 9.33. The summed E-state index contributed by atoms with van der Waals surface area (Å²) in [6.07, 6.45) is -45.2. The number of hydrogen-bond donors (Lipinski definition) is 16. The fraction of sp³-hybridized carbons (Fsp3) is 0.908. The fourth-order valence-electron chi connectivity index (χ4n) is 19.0. The molecule has 37 atom stereocenters. The zero-order valence-electron chi connectivity index (χ0n) is 55.9. The molecule has 33 nitrogen and oxygen atoms in total. The van der Waals surface area contributed by atoms with Gasteiger partial charge in [0.15, 0.2) is 49.8 Å². The number of aldehydes is 1. The van der Waals surface area contributed by atoms with Gasteiger partial charge in [-0.15, -0.1) is 0 Å². The number of carboxylic acid groups (broad SMARTS) is 2. The lowest BCUT2D eigenvalue weighted by Crippen LogP contribution is -2.68. The summed E-state index contributed by atoms with van der Waals surface area (Å²) in [4.78, 5) is 55.0. The maximum Gasteiger partial charge on any atom is 0.506 e. The second-order valence-electron chi connectivity index (χ2n) is 31.0. The van der Waals surface area contributed by atoms with Gasteiger partial charge in [-0.25, -0.2) is 9.59 Å². The number of allylic oxidation sites excluding steroid dienone is 2. The summed E-state index contributed by atoms with van der Waals surface area (Å²) in [5.41, 5.74) is -3.56. The summed E-state index contributed by atoms with van der Waals surface area (Å²) in [6, 6.07) is 0. The van der Waals surface area contributed by atoms with E-state index in [2.05, 4.69) is 40.7 Å². The topological polar surface area (TPSA) is 512 Å². The van der Waals surface area contributed by atoms with Crippen LogP contribution >= 0.6 is 0 Å². The third kappa shape index (κ3) is 12.9. The quantitative estimate of drug-likeness (QED) is 0.0297. The maximum absolute atomic E-state index is 16.0. The Morgan fingerprint density at radius 3 is 1.71 bits per heavy atom. The van der Waals surface area contributed by atoms with Gasteiger partial charge in [0, 0.05) is 0 Å². The molecule has 0 aromatic rings. The van der Waals surface area contributed by atoms with Crippen molar-refractivity contribution in [2.24, 2.45) is 50.2 Å². The van der Waals surface area contributed by atoms with E-state index in [1.165, 1.54) is 13.8 Å². The number of esters is 1. The van der Waals surface area contributed by atoms with Crippen molar-refractivity contribution in [1.29, 1.82) is 0 Å². The fourth-order valence-corrected chi connectivity index (χ4v) is 19.0. The van der Waals surface area contributed by atoms with Crippen LogP contribution in [0.2, 0.25) is 0 Å². The predicted molar refractivity (Wildman–Crippen MR) is 321 cm³/mol. The Balaban J connectivity index is 0.878. The number of aliphatic hydroxyl groups is 14. The van der Waals surface area contributed by atoms with Crippen LogP contribution < -0.4 is 0 Å². The van der Waals surface area contributed by atoms with Crippen molar-refractivity contribution >= 4 is 24.4 Å². The van der Waals surface area contributed by atoms with Crippen LogP contribution in [0.1, 0.15) is 120 Å². The molecule has 98 heavy (non-hydrogen) atoms. The van der Waals surface area contributed by atoms with Gasteiger partial charge in [0.2, 0.25) is 6.29 Å². The molecule has 0 bridgehead atoms. The number of aliphatic carboxylic acids is 1. The van der Waals surface area contributed by atoms with Gasteiger partial charge < -0.3 is 148 Å². The van der Waals surface area contributed by atoms with Crippen LogP contribution in [0.5, 0.6) is 0 Å². The Hall–Kier alpha value is -3.38. The van der Waals surface area contributed by atoms with Gasteiger partial charge in [-0.3, -0.25) is 4.79 Å². The molecule has 11 rings (SSSR count). The molecule has 6 aliphatic heterocycles. The summed E-state index contributed by atoms with van der Waals surface area (Å²) >= 11 is 0. The minimum Gasteiger partial charge on any atom is -0.479 e. The summed E-state index contributed by atoms with van der Waals surface area (Å²) in [7, 11) is 0. The molecule has 37 unspecified atom stereocenters. The highest BCUT2D eigenvalue weighted by Gasteiger charge is 2.71.